The summed E-state index contributed by atoms with van der Waals surface area (Å²) in [5.41, 5.74) is 3.14. The van der Waals surface area contributed by atoms with E-state index in [4.69, 9.17) is 9.47 Å². The number of nitrogens with one attached hydrogen (secondary N) is 1. The van der Waals surface area contributed by atoms with E-state index in [1.807, 2.05) is 25.3 Å². The Morgan fingerprint density at radius 2 is 1.95 bits per heavy atom. The number of hydrogen-bond acceptors (Lipinski definition) is 5. The molecule has 0 atom stereocenters. The van der Waals surface area contributed by atoms with E-state index in [0.29, 0.717) is 18.0 Å². The molecule has 0 bridgehead atoms. The van der Waals surface area contributed by atoms with Gasteiger partial charge in [-0.2, -0.15) is 0 Å². The lowest BCUT2D eigenvalue weighted by Gasteiger charge is -2.09. The number of aromatic hydroxyl groups is 1. The van der Waals surface area contributed by atoms with E-state index in [9.17, 15) is 5.11 Å². The van der Waals surface area contributed by atoms with Crippen LogP contribution in [-0.4, -0.2) is 16.9 Å². The van der Waals surface area contributed by atoms with Crippen LogP contribution >= 0.6 is 0 Å². The maximum atomic E-state index is 9.94. The second kappa shape index (κ2) is 5.38. The third-order valence-corrected chi connectivity index (χ3v) is 3.34. The van der Waals surface area contributed by atoms with Crippen molar-refractivity contribution in [2.75, 3.05) is 6.79 Å². The first-order valence-electron chi connectivity index (χ1n) is 6.46. The molecule has 0 unspecified atom stereocenters. The van der Waals surface area contributed by atoms with E-state index in [2.05, 4.69) is 10.3 Å². The fourth-order valence-electron chi connectivity index (χ4n) is 2.15. The fraction of sp³-hybridized carbons (Fsp3) is 0.267. The first kappa shape index (κ1) is 12.7. The average Bonchev–Trinajstić information content (AvgIpc) is 2.88. The zero-order valence-corrected chi connectivity index (χ0v) is 11.2. The number of aromatic nitrogens is 1. The lowest BCUT2D eigenvalue weighted by atomic mass is 10.1. The van der Waals surface area contributed by atoms with Crippen molar-refractivity contribution in [3.63, 3.8) is 0 Å². The van der Waals surface area contributed by atoms with Crippen LogP contribution in [0.1, 0.15) is 16.7 Å². The molecule has 20 heavy (non-hydrogen) atoms. The molecule has 0 spiro atoms. The van der Waals surface area contributed by atoms with Crippen LogP contribution in [0.5, 0.6) is 17.2 Å². The summed E-state index contributed by atoms with van der Waals surface area (Å²) in [7, 11) is 0. The van der Waals surface area contributed by atoms with Gasteiger partial charge in [-0.1, -0.05) is 0 Å². The predicted octanol–water partition coefficient (Wildman–Crippen LogP) is 2.11. The fourth-order valence-corrected chi connectivity index (χ4v) is 2.15. The molecule has 104 valence electrons. The molecular weight excluding hydrogens is 256 g/mol. The maximum Gasteiger partial charge on any atom is 0.231 e. The zero-order chi connectivity index (χ0) is 13.9. The van der Waals surface area contributed by atoms with Crippen molar-refractivity contribution in [2.24, 2.45) is 0 Å². The number of nitrogens with zero attached hydrogens (tertiary/aromatic N) is 1. The topological polar surface area (TPSA) is 63.6 Å². The minimum Gasteiger partial charge on any atom is -0.507 e. The molecule has 2 heterocycles. The molecule has 2 aromatic rings. The highest BCUT2D eigenvalue weighted by atomic mass is 16.7. The van der Waals surface area contributed by atoms with Gasteiger partial charge in [0.1, 0.15) is 5.75 Å². The van der Waals surface area contributed by atoms with Gasteiger partial charge in [0.15, 0.2) is 11.5 Å². The molecule has 0 aliphatic carbocycles. The quantitative estimate of drug-likeness (QED) is 0.892. The van der Waals surface area contributed by atoms with Crippen molar-refractivity contribution >= 4 is 0 Å². The van der Waals surface area contributed by atoms with Crippen LogP contribution in [0.4, 0.5) is 0 Å². The van der Waals surface area contributed by atoms with Crippen LogP contribution in [0.15, 0.2) is 30.6 Å². The van der Waals surface area contributed by atoms with Gasteiger partial charge in [-0.05, 0) is 30.2 Å². The van der Waals surface area contributed by atoms with Gasteiger partial charge in [-0.3, -0.25) is 4.98 Å². The summed E-state index contributed by atoms with van der Waals surface area (Å²) >= 11 is 0. The van der Waals surface area contributed by atoms with E-state index in [0.717, 1.165) is 17.7 Å². The monoisotopic (exact) mass is 272 g/mol. The van der Waals surface area contributed by atoms with Crippen LogP contribution < -0.4 is 14.8 Å². The molecule has 1 aromatic carbocycles. The zero-order valence-electron chi connectivity index (χ0n) is 11.2. The molecule has 5 heteroatoms. The van der Waals surface area contributed by atoms with Gasteiger partial charge in [0.2, 0.25) is 6.79 Å². The maximum absolute atomic E-state index is 9.94. The number of hydrogen-bond donors (Lipinski definition) is 2. The smallest absolute Gasteiger partial charge is 0.231 e. The number of aryl methyl sites for hydroxylation is 1. The number of fused-ring (bicyclic) bond motifs is 1. The van der Waals surface area contributed by atoms with Crippen molar-refractivity contribution in [3.05, 3.63) is 47.3 Å². The number of ether oxygens (including phenoxy) is 2. The molecule has 2 N–H and O–H groups in total. The Kier molecular flexibility index (Phi) is 3.43. The summed E-state index contributed by atoms with van der Waals surface area (Å²) in [5, 5.41) is 13.2. The number of phenols is 1. The van der Waals surface area contributed by atoms with Crippen LogP contribution in [0.2, 0.25) is 0 Å². The van der Waals surface area contributed by atoms with Gasteiger partial charge < -0.3 is 19.9 Å². The van der Waals surface area contributed by atoms with Gasteiger partial charge >= 0.3 is 0 Å². The molecule has 5 nitrogen and oxygen atoms in total. The van der Waals surface area contributed by atoms with E-state index < -0.39 is 0 Å². The van der Waals surface area contributed by atoms with E-state index in [1.165, 1.54) is 5.56 Å². The minimum absolute atomic E-state index is 0.210. The number of benzene rings is 1. The summed E-state index contributed by atoms with van der Waals surface area (Å²) in [6.45, 7) is 3.52. The lowest BCUT2D eigenvalue weighted by Crippen LogP contribution is -2.13. The van der Waals surface area contributed by atoms with Gasteiger partial charge in [0.25, 0.3) is 0 Å². The van der Waals surface area contributed by atoms with Crippen molar-refractivity contribution in [1.29, 1.82) is 0 Å². The van der Waals surface area contributed by atoms with Gasteiger partial charge in [0, 0.05) is 37.1 Å². The van der Waals surface area contributed by atoms with Crippen molar-refractivity contribution in [3.8, 4) is 17.2 Å². The Hall–Kier alpha value is -2.27. The number of rotatable bonds is 4. The summed E-state index contributed by atoms with van der Waals surface area (Å²) in [4.78, 5) is 4.07. The molecule has 0 radical (unpaired) electrons. The van der Waals surface area contributed by atoms with Crippen molar-refractivity contribution in [2.45, 2.75) is 20.0 Å². The standard InChI is InChI=1S/C15H16N2O3/c1-10-6-16-3-2-11(10)7-17-8-12-4-14-15(5-13(12)18)20-9-19-14/h2-6,17-18H,7-9H2,1H3. The highest BCUT2D eigenvalue weighted by Crippen LogP contribution is 2.37. The first-order valence-corrected chi connectivity index (χ1v) is 6.46. The van der Waals surface area contributed by atoms with Crippen LogP contribution in [0, 0.1) is 6.92 Å². The minimum atomic E-state index is 0.210. The highest BCUT2D eigenvalue weighted by molar-refractivity contribution is 5.51. The Bertz CT molecular complexity index is 629. The number of pyridine rings is 1. The summed E-state index contributed by atoms with van der Waals surface area (Å²) in [5.74, 6) is 1.49. The van der Waals surface area contributed by atoms with Gasteiger partial charge in [-0.15, -0.1) is 0 Å². The van der Waals surface area contributed by atoms with Crippen LogP contribution in [-0.2, 0) is 13.1 Å². The third-order valence-electron chi connectivity index (χ3n) is 3.34. The largest absolute Gasteiger partial charge is 0.507 e. The van der Waals surface area contributed by atoms with E-state index >= 15 is 0 Å². The molecule has 1 aromatic heterocycles. The molecule has 0 amide bonds. The Labute approximate surface area is 117 Å². The van der Waals surface area contributed by atoms with Gasteiger partial charge in [-0.25, -0.2) is 0 Å². The van der Waals surface area contributed by atoms with E-state index in [1.54, 1.807) is 12.3 Å². The second-order valence-electron chi connectivity index (χ2n) is 4.74. The number of phenolic OH excluding ortho intramolecular Hbond substituents is 1. The van der Waals surface area contributed by atoms with Crippen molar-refractivity contribution in [1.82, 2.24) is 10.3 Å². The summed E-state index contributed by atoms with van der Waals surface area (Å²) in [6.07, 6.45) is 3.62. The van der Waals surface area contributed by atoms with Gasteiger partial charge in [0.05, 0.1) is 0 Å². The molecule has 0 saturated carbocycles. The second-order valence-corrected chi connectivity index (χ2v) is 4.74. The highest BCUT2D eigenvalue weighted by Gasteiger charge is 2.16. The van der Waals surface area contributed by atoms with E-state index in [-0.39, 0.29) is 12.5 Å². The molecule has 0 saturated heterocycles. The Balaban J connectivity index is 1.66. The summed E-state index contributed by atoms with van der Waals surface area (Å²) < 4.78 is 10.5. The Morgan fingerprint density at radius 3 is 2.75 bits per heavy atom. The van der Waals surface area contributed by atoms with Crippen LogP contribution in [0.3, 0.4) is 0 Å². The SMILES string of the molecule is Cc1cnccc1CNCc1cc2c(cc1O)OCO2. The molecule has 0 fully saturated rings. The lowest BCUT2D eigenvalue weighted by molar-refractivity contribution is 0.174. The molecule has 1 aliphatic heterocycles. The first-order chi connectivity index (χ1) is 9.74. The van der Waals surface area contributed by atoms with Crippen LogP contribution in [0.25, 0.3) is 0 Å². The third kappa shape index (κ3) is 2.53. The normalized spacial score (nSPS) is 12.7. The average molecular weight is 272 g/mol. The molecule has 3 rings (SSSR count). The Morgan fingerprint density at radius 1 is 1.20 bits per heavy atom. The summed E-state index contributed by atoms with van der Waals surface area (Å²) in [6, 6.07) is 5.39. The molecule has 1 aliphatic rings. The van der Waals surface area contributed by atoms with Crippen molar-refractivity contribution < 1.29 is 14.6 Å². The molecular formula is C15H16N2O3. The predicted molar refractivity (Wildman–Crippen MR) is 73.7 cm³/mol.